The fourth-order valence-electron chi connectivity index (χ4n) is 3.08. The number of carbonyl (C=O) groups is 2. The van der Waals surface area contributed by atoms with Gasteiger partial charge in [0.2, 0.25) is 0 Å². The van der Waals surface area contributed by atoms with Gasteiger partial charge in [0.1, 0.15) is 0 Å². The molecule has 1 aromatic carbocycles. The van der Waals surface area contributed by atoms with Gasteiger partial charge in [0.15, 0.2) is 0 Å². The van der Waals surface area contributed by atoms with Crippen LogP contribution in [0.3, 0.4) is 0 Å². The van der Waals surface area contributed by atoms with Gasteiger partial charge < -0.3 is 15.3 Å². The number of nitrogens with one attached hydrogen (secondary N) is 1. The molecular weight excluding hydrogens is 292 g/mol. The third kappa shape index (κ3) is 4.03. The maximum Gasteiger partial charge on any atom is 0.321 e. The maximum absolute atomic E-state index is 12.5. The van der Waals surface area contributed by atoms with Crippen LogP contribution < -0.4 is 5.32 Å². The van der Waals surface area contributed by atoms with E-state index in [0.29, 0.717) is 18.9 Å². The van der Waals surface area contributed by atoms with Crippen molar-refractivity contribution in [3.05, 3.63) is 28.8 Å². The number of carboxylic acids is 1. The third-order valence-electron chi connectivity index (χ3n) is 4.51. The van der Waals surface area contributed by atoms with Crippen molar-refractivity contribution >= 4 is 17.7 Å². The second-order valence-corrected chi connectivity index (χ2v) is 6.74. The average molecular weight is 318 g/mol. The lowest BCUT2D eigenvalue weighted by Crippen LogP contribution is -2.44. The van der Waals surface area contributed by atoms with E-state index in [-0.39, 0.29) is 12.6 Å². The highest BCUT2D eigenvalue weighted by Gasteiger charge is 2.28. The average Bonchev–Trinajstić information content (AvgIpc) is 2.50. The monoisotopic (exact) mass is 318 g/mol. The smallest absolute Gasteiger partial charge is 0.321 e. The number of benzene rings is 1. The minimum Gasteiger partial charge on any atom is -0.481 e. The van der Waals surface area contributed by atoms with Crippen molar-refractivity contribution < 1.29 is 14.7 Å². The number of amides is 2. The number of rotatable bonds is 3. The summed E-state index contributed by atoms with van der Waals surface area (Å²) in [7, 11) is 0. The van der Waals surface area contributed by atoms with Gasteiger partial charge in [-0.1, -0.05) is 26.0 Å². The molecule has 23 heavy (non-hydrogen) atoms. The molecule has 1 aliphatic heterocycles. The van der Waals surface area contributed by atoms with Gasteiger partial charge in [-0.3, -0.25) is 4.79 Å². The number of aryl methyl sites for hydroxylation is 2. The van der Waals surface area contributed by atoms with Crippen molar-refractivity contribution in [1.82, 2.24) is 4.90 Å². The molecular formula is C18H26N2O3. The van der Waals surface area contributed by atoms with E-state index in [2.05, 4.69) is 31.3 Å². The van der Waals surface area contributed by atoms with Gasteiger partial charge >= 0.3 is 12.0 Å². The van der Waals surface area contributed by atoms with E-state index < -0.39 is 11.9 Å². The second kappa shape index (κ2) is 7.02. The first-order chi connectivity index (χ1) is 10.8. The predicted octanol–water partition coefficient (Wildman–Crippen LogP) is 3.76. The molecule has 1 unspecified atom stereocenters. The lowest BCUT2D eigenvalue weighted by molar-refractivity contribution is -0.143. The Kier molecular flexibility index (Phi) is 5.29. The number of carbonyl (C=O) groups excluding carboxylic acids is 1. The van der Waals surface area contributed by atoms with Gasteiger partial charge in [-0.25, -0.2) is 4.79 Å². The number of likely N-dealkylation sites (tertiary alicyclic amines) is 1. The van der Waals surface area contributed by atoms with Gasteiger partial charge in [0.05, 0.1) is 5.92 Å². The van der Waals surface area contributed by atoms with Gasteiger partial charge in [0, 0.05) is 18.8 Å². The summed E-state index contributed by atoms with van der Waals surface area (Å²) < 4.78 is 0. The first-order valence-corrected chi connectivity index (χ1v) is 8.19. The molecule has 1 heterocycles. The highest BCUT2D eigenvalue weighted by Crippen LogP contribution is 2.27. The van der Waals surface area contributed by atoms with Gasteiger partial charge in [-0.05, 0) is 49.3 Å². The largest absolute Gasteiger partial charge is 0.481 e. The van der Waals surface area contributed by atoms with Crippen LogP contribution >= 0.6 is 0 Å². The zero-order chi connectivity index (χ0) is 17.1. The Balaban J connectivity index is 2.12. The second-order valence-electron chi connectivity index (χ2n) is 6.74. The topological polar surface area (TPSA) is 69.6 Å². The van der Waals surface area contributed by atoms with Crippen molar-refractivity contribution in [3.63, 3.8) is 0 Å². The quantitative estimate of drug-likeness (QED) is 0.891. The molecule has 0 bridgehead atoms. The predicted molar refractivity (Wildman–Crippen MR) is 91.0 cm³/mol. The number of carboxylic acid groups (broad SMARTS) is 1. The van der Waals surface area contributed by atoms with Crippen molar-refractivity contribution in [2.24, 2.45) is 5.92 Å². The maximum atomic E-state index is 12.5. The van der Waals surface area contributed by atoms with Crippen LogP contribution in [0.5, 0.6) is 0 Å². The van der Waals surface area contributed by atoms with Gasteiger partial charge in [0.25, 0.3) is 0 Å². The van der Waals surface area contributed by atoms with Crippen LogP contribution in [0.2, 0.25) is 0 Å². The Morgan fingerprint density at radius 1 is 1.26 bits per heavy atom. The molecule has 1 aromatic rings. The van der Waals surface area contributed by atoms with Crippen LogP contribution in [0, 0.1) is 19.8 Å². The molecule has 5 nitrogen and oxygen atoms in total. The molecule has 0 aromatic heterocycles. The Labute approximate surface area is 137 Å². The summed E-state index contributed by atoms with van der Waals surface area (Å²) in [5, 5.41) is 12.1. The van der Waals surface area contributed by atoms with E-state index in [1.54, 1.807) is 4.90 Å². The number of urea groups is 1. The summed E-state index contributed by atoms with van der Waals surface area (Å²) in [6, 6.07) is 3.99. The number of anilines is 1. The standard InChI is InChI=1S/C18H26N2O3/c1-11(2)15-8-12(3)16(13(4)9-15)19-18(23)20-7-5-6-14(10-20)17(21)22/h8-9,11,14H,5-7,10H2,1-4H3,(H,19,23)(H,21,22). The SMILES string of the molecule is Cc1cc(C(C)C)cc(C)c1NC(=O)N1CCCC(C(=O)O)C1. The first-order valence-electron chi connectivity index (χ1n) is 8.19. The van der Waals surface area contributed by atoms with Crippen LogP contribution in [0.25, 0.3) is 0 Å². The Morgan fingerprint density at radius 2 is 1.87 bits per heavy atom. The normalized spacial score (nSPS) is 18.1. The van der Waals surface area contributed by atoms with E-state index in [0.717, 1.165) is 23.2 Å². The Bertz CT molecular complexity index is 587. The van der Waals surface area contributed by atoms with Crippen molar-refractivity contribution in [3.8, 4) is 0 Å². The third-order valence-corrected chi connectivity index (χ3v) is 4.51. The fraction of sp³-hybridized carbons (Fsp3) is 0.556. The summed E-state index contributed by atoms with van der Waals surface area (Å²) >= 11 is 0. The summed E-state index contributed by atoms with van der Waals surface area (Å²) in [4.78, 5) is 25.2. The van der Waals surface area contributed by atoms with Crippen LogP contribution in [-0.4, -0.2) is 35.1 Å². The summed E-state index contributed by atoms with van der Waals surface area (Å²) in [5.41, 5.74) is 4.15. The fourth-order valence-corrected chi connectivity index (χ4v) is 3.08. The van der Waals surface area contributed by atoms with E-state index >= 15 is 0 Å². The molecule has 1 aliphatic rings. The molecule has 2 N–H and O–H groups in total. The van der Waals surface area contributed by atoms with Crippen LogP contribution in [-0.2, 0) is 4.79 Å². The molecule has 1 fully saturated rings. The summed E-state index contributed by atoms with van der Waals surface area (Å²) in [5.74, 6) is -0.841. The van der Waals surface area contributed by atoms with Crippen molar-refractivity contribution in [1.29, 1.82) is 0 Å². The summed E-state index contributed by atoms with van der Waals surface area (Å²) in [6.07, 6.45) is 1.37. The molecule has 1 atom stereocenters. The van der Waals surface area contributed by atoms with E-state index in [4.69, 9.17) is 5.11 Å². The minimum absolute atomic E-state index is 0.209. The van der Waals surface area contributed by atoms with E-state index in [9.17, 15) is 9.59 Å². The molecule has 2 rings (SSSR count). The Hall–Kier alpha value is -2.04. The molecule has 1 saturated heterocycles. The highest BCUT2D eigenvalue weighted by atomic mass is 16.4. The number of hydrogen-bond acceptors (Lipinski definition) is 2. The first kappa shape index (κ1) is 17.3. The molecule has 0 aliphatic carbocycles. The van der Waals surface area contributed by atoms with E-state index in [1.807, 2.05) is 13.8 Å². The lowest BCUT2D eigenvalue weighted by Gasteiger charge is -2.31. The molecule has 126 valence electrons. The molecule has 2 amide bonds. The highest BCUT2D eigenvalue weighted by molar-refractivity contribution is 5.91. The lowest BCUT2D eigenvalue weighted by atomic mass is 9.97. The minimum atomic E-state index is -0.823. The zero-order valence-electron chi connectivity index (χ0n) is 14.3. The van der Waals surface area contributed by atoms with E-state index in [1.165, 1.54) is 5.56 Å². The molecule has 5 heteroatoms. The van der Waals surface area contributed by atoms with Crippen molar-refractivity contribution in [2.75, 3.05) is 18.4 Å². The Morgan fingerprint density at radius 3 is 2.39 bits per heavy atom. The van der Waals surface area contributed by atoms with Crippen LogP contribution in [0.1, 0.15) is 49.3 Å². The van der Waals surface area contributed by atoms with Crippen LogP contribution in [0.4, 0.5) is 10.5 Å². The number of nitrogens with zero attached hydrogens (tertiary/aromatic N) is 1. The zero-order valence-corrected chi connectivity index (χ0v) is 14.3. The molecule has 0 radical (unpaired) electrons. The molecule has 0 spiro atoms. The van der Waals surface area contributed by atoms with Crippen LogP contribution in [0.15, 0.2) is 12.1 Å². The van der Waals surface area contributed by atoms with Crippen molar-refractivity contribution in [2.45, 2.75) is 46.5 Å². The number of aliphatic carboxylic acids is 1. The summed E-state index contributed by atoms with van der Waals surface area (Å²) in [6.45, 7) is 9.16. The number of piperidine rings is 1. The van der Waals surface area contributed by atoms with Gasteiger partial charge in [-0.15, -0.1) is 0 Å². The number of hydrogen-bond donors (Lipinski definition) is 2. The molecule has 0 saturated carbocycles. The van der Waals surface area contributed by atoms with Gasteiger partial charge in [-0.2, -0.15) is 0 Å².